The molecule has 1 atom stereocenters. The minimum atomic E-state index is 0.0443. The number of rotatable bonds is 2. The van der Waals surface area contributed by atoms with E-state index in [1.807, 2.05) is 0 Å². The van der Waals surface area contributed by atoms with Gasteiger partial charge in [0.15, 0.2) is 5.16 Å². The van der Waals surface area contributed by atoms with Crippen LogP contribution in [0.5, 0.6) is 0 Å². The highest BCUT2D eigenvalue weighted by Crippen LogP contribution is 2.38. The van der Waals surface area contributed by atoms with Crippen LogP contribution < -0.4 is 5.56 Å². The number of nitrogens with one attached hydrogen (secondary N) is 1. The Morgan fingerprint density at radius 2 is 2.50 bits per heavy atom. The van der Waals surface area contributed by atoms with Crippen LogP contribution in [0, 0.1) is 0 Å². The standard InChI is InChI=1S/C9H12N2OS2/c1-3-13-9-10-7-5(2)14-4-6(7)8(12)11-9/h5H,3-4H2,1-2H3,(H,10,11,12)/t5-/m0/s1. The Hall–Kier alpha value is -0.420. The Labute approximate surface area is 91.1 Å². The average Bonchev–Trinajstić information content (AvgIpc) is 2.49. The first-order valence-corrected chi connectivity index (χ1v) is 6.63. The molecule has 1 aliphatic heterocycles. The van der Waals surface area contributed by atoms with Crippen molar-refractivity contribution in [3.63, 3.8) is 0 Å². The summed E-state index contributed by atoms with van der Waals surface area (Å²) in [6, 6.07) is 0. The molecule has 2 heterocycles. The number of nitrogens with zero attached hydrogens (tertiary/aromatic N) is 1. The second kappa shape index (κ2) is 3.98. The molecule has 0 aromatic carbocycles. The summed E-state index contributed by atoms with van der Waals surface area (Å²) in [7, 11) is 0. The summed E-state index contributed by atoms with van der Waals surface area (Å²) < 4.78 is 0. The van der Waals surface area contributed by atoms with Gasteiger partial charge in [0.2, 0.25) is 0 Å². The monoisotopic (exact) mass is 228 g/mol. The lowest BCUT2D eigenvalue weighted by Gasteiger charge is -2.04. The van der Waals surface area contributed by atoms with Crippen molar-refractivity contribution in [2.75, 3.05) is 5.75 Å². The first kappa shape index (κ1) is 10.1. The molecule has 1 aliphatic rings. The summed E-state index contributed by atoms with van der Waals surface area (Å²) in [6.07, 6.45) is 0. The molecule has 0 saturated heterocycles. The molecule has 0 aliphatic carbocycles. The Morgan fingerprint density at radius 1 is 1.71 bits per heavy atom. The summed E-state index contributed by atoms with van der Waals surface area (Å²) in [4.78, 5) is 18.9. The van der Waals surface area contributed by atoms with Gasteiger partial charge in [-0.3, -0.25) is 4.79 Å². The molecule has 76 valence electrons. The largest absolute Gasteiger partial charge is 0.301 e. The maximum Gasteiger partial charge on any atom is 0.255 e. The fourth-order valence-corrected chi connectivity index (χ4v) is 3.11. The molecule has 5 heteroatoms. The first-order valence-electron chi connectivity index (χ1n) is 4.60. The quantitative estimate of drug-likeness (QED) is 0.622. The Balaban J connectivity index is 2.47. The van der Waals surface area contributed by atoms with Crippen LogP contribution in [-0.4, -0.2) is 15.7 Å². The second-order valence-electron chi connectivity index (χ2n) is 3.12. The highest BCUT2D eigenvalue weighted by atomic mass is 32.2. The molecular weight excluding hydrogens is 216 g/mol. The third-order valence-electron chi connectivity index (χ3n) is 2.17. The third kappa shape index (κ3) is 1.70. The smallest absolute Gasteiger partial charge is 0.255 e. The zero-order valence-corrected chi connectivity index (χ0v) is 9.80. The van der Waals surface area contributed by atoms with Gasteiger partial charge in [0.25, 0.3) is 5.56 Å². The fourth-order valence-electron chi connectivity index (χ4n) is 1.46. The van der Waals surface area contributed by atoms with Crippen molar-refractivity contribution in [2.24, 2.45) is 0 Å². The summed E-state index contributed by atoms with van der Waals surface area (Å²) >= 11 is 3.36. The van der Waals surface area contributed by atoms with E-state index in [1.54, 1.807) is 23.5 Å². The zero-order valence-electron chi connectivity index (χ0n) is 8.16. The number of aromatic amines is 1. The van der Waals surface area contributed by atoms with E-state index in [4.69, 9.17) is 0 Å². The number of aromatic nitrogens is 2. The molecular formula is C9H12N2OS2. The lowest BCUT2D eigenvalue weighted by molar-refractivity contribution is 0.853. The Bertz CT molecular complexity index is 402. The van der Waals surface area contributed by atoms with E-state index in [1.165, 1.54) is 0 Å². The normalized spacial score (nSPS) is 19.7. The van der Waals surface area contributed by atoms with Crippen LogP contribution in [0.1, 0.15) is 30.4 Å². The summed E-state index contributed by atoms with van der Waals surface area (Å²) in [5.41, 5.74) is 1.89. The van der Waals surface area contributed by atoms with Crippen molar-refractivity contribution in [1.29, 1.82) is 0 Å². The maximum atomic E-state index is 11.6. The highest BCUT2D eigenvalue weighted by Gasteiger charge is 2.24. The minimum absolute atomic E-state index is 0.0443. The molecule has 0 bridgehead atoms. The van der Waals surface area contributed by atoms with E-state index in [-0.39, 0.29) is 5.56 Å². The SMILES string of the molecule is CCSc1nc2c(c(=O)[nH]1)CS[C@H]2C. The van der Waals surface area contributed by atoms with Crippen LogP contribution >= 0.6 is 23.5 Å². The van der Waals surface area contributed by atoms with Crippen LogP contribution in [0.2, 0.25) is 0 Å². The lowest BCUT2D eigenvalue weighted by Crippen LogP contribution is -2.15. The van der Waals surface area contributed by atoms with Gasteiger partial charge in [-0.05, 0) is 12.7 Å². The number of fused-ring (bicyclic) bond motifs is 1. The van der Waals surface area contributed by atoms with Crippen LogP contribution in [0.4, 0.5) is 0 Å². The second-order valence-corrected chi connectivity index (χ2v) is 5.70. The van der Waals surface area contributed by atoms with Gasteiger partial charge in [0.1, 0.15) is 0 Å². The lowest BCUT2D eigenvalue weighted by atomic mass is 10.2. The van der Waals surface area contributed by atoms with Gasteiger partial charge >= 0.3 is 0 Å². The predicted octanol–water partition coefficient (Wildman–Crippen LogP) is 2.19. The van der Waals surface area contributed by atoms with E-state index in [2.05, 4.69) is 23.8 Å². The molecule has 0 fully saturated rings. The number of hydrogen-bond donors (Lipinski definition) is 1. The van der Waals surface area contributed by atoms with Crippen LogP contribution in [0.15, 0.2) is 9.95 Å². The number of H-pyrrole nitrogens is 1. The third-order valence-corrected chi connectivity index (χ3v) is 4.10. The molecule has 1 N–H and O–H groups in total. The van der Waals surface area contributed by atoms with E-state index in [0.717, 1.165) is 27.9 Å². The minimum Gasteiger partial charge on any atom is -0.301 e. The van der Waals surface area contributed by atoms with Gasteiger partial charge in [0, 0.05) is 16.6 Å². The maximum absolute atomic E-state index is 11.6. The molecule has 14 heavy (non-hydrogen) atoms. The van der Waals surface area contributed by atoms with Gasteiger partial charge in [0.05, 0.1) is 5.69 Å². The summed E-state index contributed by atoms with van der Waals surface area (Å²) in [5, 5.41) is 1.12. The van der Waals surface area contributed by atoms with Crippen molar-refractivity contribution in [3.05, 3.63) is 21.6 Å². The zero-order chi connectivity index (χ0) is 10.1. The van der Waals surface area contributed by atoms with Crippen molar-refractivity contribution < 1.29 is 0 Å². The van der Waals surface area contributed by atoms with Crippen LogP contribution in [0.3, 0.4) is 0 Å². The van der Waals surface area contributed by atoms with Crippen LogP contribution in [0.25, 0.3) is 0 Å². The summed E-state index contributed by atoms with van der Waals surface area (Å²) in [5.74, 6) is 1.74. The number of thioether (sulfide) groups is 2. The topological polar surface area (TPSA) is 45.8 Å². The van der Waals surface area contributed by atoms with E-state index in [0.29, 0.717) is 5.25 Å². The molecule has 0 radical (unpaired) electrons. The summed E-state index contributed by atoms with van der Waals surface area (Å²) in [6.45, 7) is 4.15. The van der Waals surface area contributed by atoms with E-state index >= 15 is 0 Å². The van der Waals surface area contributed by atoms with E-state index < -0.39 is 0 Å². The molecule has 2 rings (SSSR count). The van der Waals surface area contributed by atoms with Crippen LogP contribution in [-0.2, 0) is 5.75 Å². The van der Waals surface area contributed by atoms with Gasteiger partial charge in [-0.2, -0.15) is 0 Å². The van der Waals surface area contributed by atoms with Crippen molar-refractivity contribution in [2.45, 2.75) is 30.0 Å². The Morgan fingerprint density at radius 3 is 3.21 bits per heavy atom. The first-order chi connectivity index (χ1) is 6.72. The van der Waals surface area contributed by atoms with E-state index in [9.17, 15) is 4.79 Å². The predicted molar refractivity (Wildman–Crippen MR) is 61.0 cm³/mol. The molecule has 1 aromatic heterocycles. The average molecular weight is 228 g/mol. The highest BCUT2D eigenvalue weighted by molar-refractivity contribution is 7.99. The molecule has 0 saturated carbocycles. The van der Waals surface area contributed by atoms with Gasteiger partial charge in [-0.15, -0.1) is 11.8 Å². The van der Waals surface area contributed by atoms with Gasteiger partial charge in [-0.25, -0.2) is 4.98 Å². The molecule has 0 spiro atoms. The molecule has 0 unspecified atom stereocenters. The fraction of sp³-hybridized carbons (Fsp3) is 0.556. The van der Waals surface area contributed by atoms with Crippen molar-refractivity contribution in [1.82, 2.24) is 9.97 Å². The van der Waals surface area contributed by atoms with Crippen molar-refractivity contribution >= 4 is 23.5 Å². The van der Waals surface area contributed by atoms with Gasteiger partial charge < -0.3 is 4.98 Å². The Kier molecular flexibility index (Phi) is 2.88. The van der Waals surface area contributed by atoms with Gasteiger partial charge in [-0.1, -0.05) is 18.7 Å². The molecule has 1 aromatic rings. The number of hydrogen-bond acceptors (Lipinski definition) is 4. The molecule has 0 amide bonds. The van der Waals surface area contributed by atoms with Crippen molar-refractivity contribution in [3.8, 4) is 0 Å². The molecule has 3 nitrogen and oxygen atoms in total.